The SMILES string of the molecule is O=C(NCC(=O)[C@@H](O)[C@H](O)C(O)CO)OCc1ccccc1. The van der Waals surface area contributed by atoms with Crippen LogP contribution >= 0.6 is 0 Å². The van der Waals surface area contributed by atoms with Crippen LogP contribution in [-0.2, 0) is 16.1 Å². The van der Waals surface area contributed by atoms with E-state index in [4.69, 9.17) is 14.9 Å². The van der Waals surface area contributed by atoms with Gasteiger partial charge in [-0.25, -0.2) is 4.79 Å². The number of aliphatic hydroxyl groups excluding tert-OH is 4. The predicted octanol–water partition coefficient (Wildman–Crippen LogP) is -1.44. The van der Waals surface area contributed by atoms with Gasteiger partial charge in [-0.2, -0.15) is 0 Å². The number of Topliss-reactive ketones (excluding diaryl/α,β-unsaturated/α-hetero) is 1. The molecule has 22 heavy (non-hydrogen) atoms. The third kappa shape index (κ3) is 5.78. The number of hydrogen-bond acceptors (Lipinski definition) is 7. The molecule has 8 heteroatoms. The molecule has 1 aromatic rings. The molecule has 1 rings (SSSR count). The minimum atomic E-state index is -1.92. The molecule has 8 nitrogen and oxygen atoms in total. The number of hydrogen-bond donors (Lipinski definition) is 5. The number of benzene rings is 1. The molecule has 0 aliphatic rings. The molecule has 0 saturated carbocycles. The van der Waals surface area contributed by atoms with E-state index in [2.05, 4.69) is 5.32 Å². The van der Waals surface area contributed by atoms with Crippen molar-refractivity contribution in [2.45, 2.75) is 24.9 Å². The summed E-state index contributed by atoms with van der Waals surface area (Å²) in [4.78, 5) is 22.9. The first kappa shape index (κ1) is 18.1. The molecule has 0 radical (unpaired) electrons. The summed E-state index contributed by atoms with van der Waals surface area (Å²) in [5, 5.41) is 38.6. The molecule has 1 aromatic carbocycles. The van der Waals surface area contributed by atoms with Crippen molar-refractivity contribution in [1.82, 2.24) is 5.32 Å². The highest BCUT2D eigenvalue weighted by atomic mass is 16.5. The van der Waals surface area contributed by atoms with Gasteiger partial charge in [0.15, 0.2) is 5.78 Å². The summed E-state index contributed by atoms with van der Waals surface area (Å²) in [7, 11) is 0. The van der Waals surface area contributed by atoms with E-state index in [-0.39, 0.29) is 6.61 Å². The van der Waals surface area contributed by atoms with E-state index in [0.717, 1.165) is 5.56 Å². The van der Waals surface area contributed by atoms with Gasteiger partial charge in [-0.05, 0) is 5.56 Å². The Kier molecular flexibility index (Phi) is 7.47. The molecule has 3 atom stereocenters. The molecule has 0 aromatic heterocycles. The van der Waals surface area contributed by atoms with Crippen molar-refractivity contribution < 1.29 is 34.8 Å². The number of ketones is 1. The molecular weight excluding hydrogens is 294 g/mol. The minimum absolute atomic E-state index is 0.0231. The molecule has 0 bridgehead atoms. The lowest BCUT2D eigenvalue weighted by molar-refractivity contribution is -0.139. The third-order valence-corrected chi connectivity index (χ3v) is 2.85. The number of carbonyl (C=O) groups is 2. The molecule has 0 aliphatic heterocycles. The number of aliphatic hydroxyl groups is 4. The van der Waals surface area contributed by atoms with Crippen LogP contribution in [0.5, 0.6) is 0 Å². The Bertz CT molecular complexity index is 479. The lowest BCUT2D eigenvalue weighted by atomic mass is 10.0. The van der Waals surface area contributed by atoms with Crippen molar-refractivity contribution in [3.05, 3.63) is 35.9 Å². The topological polar surface area (TPSA) is 136 Å². The second-order valence-electron chi connectivity index (χ2n) is 4.57. The fourth-order valence-corrected chi connectivity index (χ4v) is 1.55. The van der Waals surface area contributed by atoms with Crippen LogP contribution in [-0.4, -0.2) is 63.8 Å². The van der Waals surface area contributed by atoms with Crippen LogP contribution in [0.4, 0.5) is 4.79 Å². The quantitative estimate of drug-likeness (QED) is 0.396. The molecule has 1 unspecified atom stereocenters. The van der Waals surface area contributed by atoms with Crippen LogP contribution in [0.3, 0.4) is 0 Å². The zero-order valence-corrected chi connectivity index (χ0v) is 11.8. The first-order chi connectivity index (χ1) is 10.5. The first-order valence-corrected chi connectivity index (χ1v) is 6.58. The number of ether oxygens (including phenoxy) is 1. The first-order valence-electron chi connectivity index (χ1n) is 6.58. The van der Waals surface area contributed by atoms with Crippen molar-refractivity contribution in [2.24, 2.45) is 0 Å². The number of rotatable bonds is 8. The number of amides is 1. The van der Waals surface area contributed by atoms with Gasteiger partial charge in [0.25, 0.3) is 0 Å². The van der Waals surface area contributed by atoms with Gasteiger partial charge in [0.05, 0.1) is 13.2 Å². The molecule has 0 spiro atoms. The van der Waals surface area contributed by atoms with Crippen molar-refractivity contribution in [1.29, 1.82) is 0 Å². The van der Waals surface area contributed by atoms with E-state index in [9.17, 15) is 19.8 Å². The van der Waals surface area contributed by atoms with E-state index < -0.39 is 43.3 Å². The van der Waals surface area contributed by atoms with Crippen LogP contribution in [0.25, 0.3) is 0 Å². The van der Waals surface area contributed by atoms with E-state index >= 15 is 0 Å². The van der Waals surface area contributed by atoms with E-state index in [1.54, 1.807) is 24.3 Å². The summed E-state index contributed by atoms with van der Waals surface area (Å²) in [6, 6.07) is 8.90. The summed E-state index contributed by atoms with van der Waals surface area (Å²) in [6.07, 6.45) is -6.26. The number of alkyl carbamates (subject to hydrolysis) is 1. The summed E-state index contributed by atoms with van der Waals surface area (Å²) in [5.74, 6) is -0.920. The maximum atomic E-state index is 11.5. The lowest BCUT2D eigenvalue weighted by Crippen LogP contribution is -2.47. The Morgan fingerprint density at radius 1 is 1.14 bits per heavy atom. The van der Waals surface area contributed by atoms with Crippen molar-refractivity contribution in [3.63, 3.8) is 0 Å². The Morgan fingerprint density at radius 2 is 1.77 bits per heavy atom. The average Bonchev–Trinajstić information content (AvgIpc) is 2.56. The van der Waals surface area contributed by atoms with Crippen LogP contribution in [0.2, 0.25) is 0 Å². The monoisotopic (exact) mass is 313 g/mol. The maximum Gasteiger partial charge on any atom is 0.407 e. The van der Waals surface area contributed by atoms with Gasteiger partial charge in [0.2, 0.25) is 0 Å². The Balaban J connectivity index is 2.32. The molecule has 122 valence electrons. The second kappa shape index (κ2) is 9.11. The Morgan fingerprint density at radius 3 is 2.36 bits per heavy atom. The van der Waals surface area contributed by atoms with Gasteiger partial charge >= 0.3 is 6.09 Å². The van der Waals surface area contributed by atoms with E-state index in [0.29, 0.717) is 0 Å². The van der Waals surface area contributed by atoms with Gasteiger partial charge in [0.1, 0.15) is 24.9 Å². The highest BCUT2D eigenvalue weighted by molar-refractivity contribution is 5.87. The molecule has 1 amide bonds. The fourth-order valence-electron chi connectivity index (χ4n) is 1.55. The summed E-state index contributed by atoms with van der Waals surface area (Å²) in [6.45, 7) is -1.36. The molecule has 0 aliphatic carbocycles. The normalized spacial score (nSPS) is 14.7. The third-order valence-electron chi connectivity index (χ3n) is 2.85. The minimum Gasteiger partial charge on any atom is -0.445 e. The van der Waals surface area contributed by atoms with E-state index in [1.807, 2.05) is 6.07 Å². The van der Waals surface area contributed by atoms with Gasteiger partial charge < -0.3 is 30.5 Å². The summed E-state index contributed by atoms with van der Waals surface area (Å²) >= 11 is 0. The zero-order chi connectivity index (χ0) is 16.5. The highest BCUT2D eigenvalue weighted by Gasteiger charge is 2.29. The van der Waals surface area contributed by atoms with Crippen molar-refractivity contribution >= 4 is 11.9 Å². The van der Waals surface area contributed by atoms with E-state index in [1.165, 1.54) is 0 Å². The number of carbonyl (C=O) groups excluding carboxylic acids is 2. The standard InChI is InChI=1S/C14H19NO7/c16-7-11(18)13(20)12(19)10(17)6-15-14(21)22-8-9-4-2-1-3-5-9/h1-5,11-13,16,18-20H,6-8H2,(H,15,21)/t11?,12-,13-/m1/s1. The molecule has 0 saturated heterocycles. The lowest BCUT2D eigenvalue weighted by Gasteiger charge is -2.20. The summed E-state index contributed by atoms with van der Waals surface area (Å²) < 4.78 is 4.85. The van der Waals surface area contributed by atoms with Gasteiger partial charge in [-0.15, -0.1) is 0 Å². The van der Waals surface area contributed by atoms with Crippen molar-refractivity contribution in [2.75, 3.05) is 13.2 Å². The molecule has 0 fully saturated rings. The highest BCUT2D eigenvalue weighted by Crippen LogP contribution is 2.02. The second-order valence-corrected chi connectivity index (χ2v) is 4.57. The van der Waals surface area contributed by atoms with Gasteiger partial charge in [-0.3, -0.25) is 4.79 Å². The summed E-state index contributed by atoms with van der Waals surface area (Å²) in [5.41, 5.74) is 0.769. The largest absolute Gasteiger partial charge is 0.445 e. The van der Waals surface area contributed by atoms with Crippen LogP contribution in [0.1, 0.15) is 5.56 Å². The average molecular weight is 313 g/mol. The van der Waals surface area contributed by atoms with Crippen LogP contribution in [0.15, 0.2) is 30.3 Å². The zero-order valence-electron chi connectivity index (χ0n) is 11.8. The Labute approximate surface area is 127 Å². The molecule has 0 heterocycles. The van der Waals surface area contributed by atoms with Crippen molar-refractivity contribution in [3.8, 4) is 0 Å². The molecule has 5 N–H and O–H groups in total. The fraction of sp³-hybridized carbons (Fsp3) is 0.429. The molecular formula is C14H19NO7. The number of nitrogens with one attached hydrogen (secondary N) is 1. The predicted molar refractivity (Wildman–Crippen MR) is 74.7 cm³/mol. The van der Waals surface area contributed by atoms with Crippen LogP contribution in [0, 0.1) is 0 Å². The Hall–Kier alpha value is -2.00. The maximum absolute atomic E-state index is 11.5. The van der Waals surface area contributed by atoms with Gasteiger partial charge in [0, 0.05) is 0 Å². The smallest absolute Gasteiger partial charge is 0.407 e. The van der Waals surface area contributed by atoms with Crippen LogP contribution < -0.4 is 5.32 Å². The van der Waals surface area contributed by atoms with Gasteiger partial charge in [-0.1, -0.05) is 30.3 Å².